The molecule has 1 rings (SSSR count). The van der Waals surface area contributed by atoms with E-state index in [2.05, 4.69) is 19.1 Å². The van der Waals surface area contributed by atoms with Crippen LogP contribution in [0.2, 0.25) is 0 Å². The molecule has 0 fully saturated rings. The predicted octanol–water partition coefficient (Wildman–Crippen LogP) is 3.23. The van der Waals surface area contributed by atoms with Crippen LogP contribution in [0.15, 0.2) is 12.1 Å². The molecule has 0 heterocycles. The van der Waals surface area contributed by atoms with E-state index in [-0.39, 0.29) is 24.4 Å². The van der Waals surface area contributed by atoms with Crippen molar-refractivity contribution in [2.24, 2.45) is 11.1 Å². The summed E-state index contributed by atoms with van der Waals surface area (Å²) in [6.45, 7) is 9.76. The van der Waals surface area contributed by atoms with E-state index in [0.717, 1.165) is 16.7 Å². The zero-order valence-electron chi connectivity index (χ0n) is 12.5. The molecular weight excluding hydrogens is 262 g/mol. The highest BCUT2D eigenvalue weighted by atomic mass is 35.5. The minimum absolute atomic E-state index is 0. The number of benzene rings is 1. The number of hydrogen-bond acceptors (Lipinski definition) is 3. The van der Waals surface area contributed by atoms with Crippen LogP contribution in [-0.4, -0.2) is 13.1 Å². The van der Waals surface area contributed by atoms with Crippen LogP contribution in [-0.2, 0) is 9.53 Å². The van der Waals surface area contributed by atoms with E-state index < -0.39 is 5.41 Å². The summed E-state index contributed by atoms with van der Waals surface area (Å²) in [5.74, 6) is -0.283. The third-order valence-corrected chi connectivity index (χ3v) is 3.54. The fourth-order valence-corrected chi connectivity index (χ4v) is 2.43. The molecule has 0 aliphatic heterocycles. The number of hydrogen-bond donors (Lipinski definition) is 1. The number of nitrogens with two attached hydrogens (primary N) is 1. The number of rotatable bonds is 3. The maximum atomic E-state index is 11.8. The van der Waals surface area contributed by atoms with E-state index in [1.807, 2.05) is 27.7 Å². The van der Waals surface area contributed by atoms with E-state index in [1.54, 1.807) is 0 Å². The van der Waals surface area contributed by atoms with Crippen molar-refractivity contribution < 1.29 is 9.53 Å². The molecule has 1 aromatic rings. The summed E-state index contributed by atoms with van der Waals surface area (Å²) in [4.78, 5) is 11.8. The number of esters is 1. The first-order valence-corrected chi connectivity index (χ1v) is 6.13. The molecule has 2 N–H and O–H groups in total. The van der Waals surface area contributed by atoms with Gasteiger partial charge >= 0.3 is 5.97 Å². The maximum absolute atomic E-state index is 11.8. The van der Waals surface area contributed by atoms with E-state index in [4.69, 9.17) is 10.5 Å². The lowest BCUT2D eigenvalue weighted by Crippen LogP contribution is -2.38. The standard InChI is InChI=1S/C15H23NO2.ClH/c1-9-7-10(2)12(11(3)8-9)13(16)15(4,5)14(17)18-6;/h7-8,13H,16H2,1-6H3;1H/t13-;/m1./s1. The van der Waals surface area contributed by atoms with Crippen LogP contribution in [0, 0.1) is 26.2 Å². The molecule has 0 aromatic heterocycles. The fraction of sp³-hybridized carbons (Fsp3) is 0.533. The Morgan fingerprint density at radius 3 is 2.00 bits per heavy atom. The van der Waals surface area contributed by atoms with E-state index in [1.165, 1.54) is 12.7 Å². The van der Waals surface area contributed by atoms with Crippen LogP contribution in [0.3, 0.4) is 0 Å². The Kier molecular flexibility index (Phi) is 6.04. The molecule has 0 radical (unpaired) electrons. The molecule has 0 saturated heterocycles. The van der Waals surface area contributed by atoms with Gasteiger partial charge in [0.25, 0.3) is 0 Å². The smallest absolute Gasteiger partial charge is 0.313 e. The molecule has 4 heteroatoms. The lowest BCUT2D eigenvalue weighted by molar-refractivity contribution is -0.152. The normalized spacial score (nSPS) is 12.6. The van der Waals surface area contributed by atoms with Crippen molar-refractivity contribution in [2.45, 2.75) is 40.7 Å². The maximum Gasteiger partial charge on any atom is 0.313 e. The van der Waals surface area contributed by atoms with Crippen molar-refractivity contribution in [2.75, 3.05) is 7.11 Å². The van der Waals surface area contributed by atoms with Gasteiger partial charge < -0.3 is 10.5 Å². The first kappa shape index (κ1) is 17.9. The van der Waals surface area contributed by atoms with Gasteiger partial charge in [0.05, 0.1) is 12.5 Å². The lowest BCUT2D eigenvalue weighted by atomic mass is 9.78. The van der Waals surface area contributed by atoms with Gasteiger partial charge in [-0.25, -0.2) is 0 Å². The Morgan fingerprint density at radius 1 is 1.21 bits per heavy atom. The van der Waals surface area contributed by atoms with Gasteiger partial charge in [-0.2, -0.15) is 0 Å². The highest BCUT2D eigenvalue weighted by Gasteiger charge is 2.37. The van der Waals surface area contributed by atoms with Gasteiger partial charge in [-0.1, -0.05) is 17.7 Å². The minimum atomic E-state index is -0.737. The van der Waals surface area contributed by atoms with Crippen molar-refractivity contribution in [1.29, 1.82) is 0 Å². The molecule has 3 nitrogen and oxygen atoms in total. The molecule has 0 aliphatic carbocycles. The summed E-state index contributed by atoms with van der Waals surface area (Å²) in [5, 5.41) is 0. The average molecular weight is 286 g/mol. The number of methoxy groups -OCH3 is 1. The molecule has 0 saturated carbocycles. The zero-order valence-corrected chi connectivity index (χ0v) is 13.4. The van der Waals surface area contributed by atoms with Gasteiger partial charge in [-0.3, -0.25) is 4.79 Å². The van der Waals surface area contributed by atoms with Gasteiger partial charge in [-0.05, 0) is 51.3 Å². The Labute approximate surface area is 121 Å². The van der Waals surface area contributed by atoms with E-state index in [9.17, 15) is 4.79 Å². The molecule has 0 unspecified atom stereocenters. The van der Waals surface area contributed by atoms with Gasteiger partial charge in [0.2, 0.25) is 0 Å². The molecule has 1 aromatic carbocycles. The monoisotopic (exact) mass is 285 g/mol. The van der Waals surface area contributed by atoms with Crippen LogP contribution in [0.25, 0.3) is 0 Å². The summed E-state index contributed by atoms with van der Waals surface area (Å²) in [7, 11) is 1.39. The highest BCUT2D eigenvalue weighted by Crippen LogP contribution is 2.36. The molecule has 108 valence electrons. The summed E-state index contributed by atoms with van der Waals surface area (Å²) < 4.78 is 4.84. The van der Waals surface area contributed by atoms with Gasteiger partial charge in [0, 0.05) is 6.04 Å². The lowest BCUT2D eigenvalue weighted by Gasteiger charge is -2.31. The summed E-state index contributed by atoms with van der Waals surface area (Å²) >= 11 is 0. The largest absolute Gasteiger partial charge is 0.469 e. The number of halogens is 1. The van der Waals surface area contributed by atoms with Gasteiger partial charge in [0.15, 0.2) is 0 Å². The van der Waals surface area contributed by atoms with Crippen LogP contribution >= 0.6 is 12.4 Å². The number of aryl methyl sites for hydroxylation is 3. The van der Waals surface area contributed by atoms with Crippen molar-refractivity contribution in [3.05, 3.63) is 34.4 Å². The van der Waals surface area contributed by atoms with Crippen LogP contribution in [0.1, 0.15) is 42.1 Å². The topological polar surface area (TPSA) is 52.3 Å². The third-order valence-electron chi connectivity index (χ3n) is 3.54. The second-order valence-electron chi connectivity index (χ2n) is 5.50. The first-order valence-electron chi connectivity index (χ1n) is 6.13. The molecule has 0 amide bonds. The molecular formula is C15H24ClNO2. The Morgan fingerprint density at radius 2 is 1.63 bits per heavy atom. The molecule has 0 spiro atoms. The molecule has 19 heavy (non-hydrogen) atoms. The fourth-order valence-electron chi connectivity index (χ4n) is 2.43. The van der Waals surface area contributed by atoms with E-state index >= 15 is 0 Å². The molecule has 0 bridgehead atoms. The van der Waals surface area contributed by atoms with Crippen molar-refractivity contribution in [3.63, 3.8) is 0 Å². The SMILES string of the molecule is COC(=O)C(C)(C)[C@H](N)c1c(C)cc(C)cc1C.Cl. The number of ether oxygens (including phenoxy) is 1. The average Bonchev–Trinajstić information content (AvgIpc) is 2.26. The van der Waals surface area contributed by atoms with Gasteiger partial charge in [0.1, 0.15) is 0 Å². The van der Waals surface area contributed by atoms with Crippen molar-refractivity contribution in [3.8, 4) is 0 Å². The summed E-state index contributed by atoms with van der Waals surface area (Å²) in [6.07, 6.45) is 0. The Hall–Kier alpha value is -1.06. The van der Waals surface area contributed by atoms with Crippen LogP contribution in [0.4, 0.5) is 0 Å². The summed E-state index contributed by atoms with van der Waals surface area (Å²) in [6, 6.07) is 3.82. The van der Waals surface area contributed by atoms with Crippen molar-refractivity contribution >= 4 is 18.4 Å². The van der Waals surface area contributed by atoms with Crippen LogP contribution in [0.5, 0.6) is 0 Å². The molecule has 1 atom stereocenters. The Balaban J connectivity index is 0.00000324. The second-order valence-corrected chi connectivity index (χ2v) is 5.50. The molecule has 0 aliphatic rings. The van der Waals surface area contributed by atoms with Gasteiger partial charge in [-0.15, -0.1) is 12.4 Å². The Bertz CT molecular complexity index is 446. The second kappa shape index (κ2) is 6.40. The minimum Gasteiger partial charge on any atom is -0.469 e. The number of carbonyl (C=O) groups is 1. The summed E-state index contributed by atoms with van der Waals surface area (Å²) in [5.41, 5.74) is 10.1. The first-order chi connectivity index (χ1) is 8.21. The van der Waals surface area contributed by atoms with E-state index in [0.29, 0.717) is 0 Å². The predicted molar refractivity (Wildman–Crippen MR) is 80.6 cm³/mol. The van der Waals surface area contributed by atoms with Crippen molar-refractivity contribution in [1.82, 2.24) is 0 Å². The van der Waals surface area contributed by atoms with Crippen LogP contribution < -0.4 is 5.73 Å². The quantitative estimate of drug-likeness (QED) is 0.868. The number of carbonyl (C=O) groups excluding carboxylic acids is 1. The third kappa shape index (κ3) is 3.48. The zero-order chi connectivity index (χ0) is 14.1. The highest BCUT2D eigenvalue weighted by molar-refractivity contribution is 5.85.